The molecule has 2 fully saturated rings. The molecule has 0 amide bonds. The molecule has 1 aliphatic carbocycles. The van der Waals surface area contributed by atoms with Gasteiger partial charge >= 0.3 is 0 Å². The lowest BCUT2D eigenvalue weighted by molar-refractivity contribution is 0.225. The van der Waals surface area contributed by atoms with Crippen LogP contribution in [0.2, 0.25) is 0 Å². The van der Waals surface area contributed by atoms with Gasteiger partial charge < -0.3 is 10.1 Å². The fourth-order valence-corrected chi connectivity index (χ4v) is 5.02. The summed E-state index contributed by atoms with van der Waals surface area (Å²) in [5, 5.41) is 3.38. The average Bonchev–Trinajstić information content (AvgIpc) is 3.22. The molecule has 7 heteroatoms. The van der Waals surface area contributed by atoms with Crippen LogP contribution in [0.4, 0.5) is 8.78 Å². The molecule has 4 nitrogen and oxygen atoms in total. The highest BCUT2D eigenvalue weighted by Gasteiger charge is 2.37. The zero-order valence-electron chi connectivity index (χ0n) is 15.6. The zero-order chi connectivity index (χ0) is 19.9. The van der Waals surface area contributed by atoms with Crippen LogP contribution in [0.15, 0.2) is 41.3 Å². The molecule has 2 atom stereocenters. The van der Waals surface area contributed by atoms with Crippen LogP contribution in [0.5, 0.6) is 5.75 Å². The van der Waals surface area contributed by atoms with Crippen molar-refractivity contribution in [1.82, 2.24) is 5.32 Å². The SMILES string of the molecule is CS(=O)(=O)c1ccc(-c2cc(F)c(OCC3CC4CNCC4C3)c(F)c2)cc1. The summed E-state index contributed by atoms with van der Waals surface area (Å²) >= 11 is 0. The first-order valence-corrected chi connectivity index (χ1v) is 11.3. The summed E-state index contributed by atoms with van der Waals surface area (Å²) in [6.07, 6.45) is 3.18. The van der Waals surface area contributed by atoms with E-state index in [2.05, 4.69) is 5.32 Å². The van der Waals surface area contributed by atoms with Crippen LogP contribution in [0.1, 0.15) is 12.8 Å². The Hall–Kier alpha value is -1.99. The molecule has 1 aliphatic heterocycles. The number of fused-ring (bicyclic) bond motifs is 1. The first kappa shape index (κ1) is 19.3. The van der Waals surface area contributed by atoms with Crippen molar-refractivity contribution in [3.8, 4) is 16.9 Å². The Labute approximate surface area is 163 Å². The molecule has 28 heavy (non-hydrogen) atoms. The first-order valence-electron chi connectivity index (χ1n) is 9.44. The number of nitrogens with one attached hydrogen (secondary N) is 1. The Balaban J connectivity index is 1.47. The first-order chi connectivity index (χ1) is 13.3. The minimum absolute atomic E-state index is 0.161. The number of ether oxygens (including phenoxy) is 1. The minimum atomic E-state index is -3.32. The average molecular weight is 407 g/mol. The van der Waals surface area contributed by atoms with Crippen LogP contribution in [-0.2, 0) is 9.84 Å². The van der Waals surface area contributed by atoms with Crippen LogP contribution in [0, 0.1) is 29.4 Å². The molecular weight excluding hydrogens is 384 g/mol. The Kier molecular flexibility index (Phi) is 5.14. The number of hydrogen-bond acceptors (Lipinski definition) is 4. The van der Waals surface area contributed by atoms with Gasteiger partial charge in [0.2, 0.25) is 0 Å². The van der Waals surface area contributed by atoms with Crippen molar-refractivity contribution in [3.63, 3.8) is 0 Å². The minimum Gasteiger partial charge on any atom is -0.487 e. The van der Waals surface area contributed by atoms with E-state index < -0.39 is 21.5 Å². The number of benzene rings is 2. The van der Waals surface area contributed by atoms with E-state index in [0.717, 1.165) is 32.2 Å². The molecule has 2 aromatic rings. The molecule has 1 saturated heterocycles. The van der Waals surface area contributed by atoms with Crippen LogP contribution in [-0.4, -0.2) is 34.4 Å². The van der Waals surface area contributed by atoms with Gasteiger partial charge in [0.25, 0.3) is 0 Å². The van der Waals surface area contributed by atoms with Crippen molar-refractivity contribution < 1.29 is 21.9 Å². The maximum Gasteiger partial charge on any atom is 0.190 e. The van der Waals surface area contributed by atoms with E-state index in [1.807, 2.05) is 0 Å². The lowest BCUT2D eigenvalue weighted by Gasteiger charge is -2.15. The molecule has 150 valence electrons. The third kappa shape index (κ3) is 3.91. The maximum absolute atomic E-state index is 14.5. The van der Waals surface area contributed by atoms with Crippen LogP contribution >= 0.6 is 0 Å². The van der Waals surface area contributed by atoms with Gasteiger partial charge in [-0.15, -0.1) is 0 Å². The third-order valence-corrected chi connectivity index (χ3v) is 6.96. The number of hydrogen-bond donors (Lipinski definition) is 1. The quantitative estimate of drug-likeness (QED) is 0.822. The van der Waals surface area contributed by atoms with Gasteiger partial charge in [-0.1, -0.05) is 12.1 Å². The van der Waals surface area contributed by atoms with E-state index >= 15 is 0 Å². The van der Waals surface area contributed by atoms with Gasteiger partial charge in [0.1, 0.15) is 0 Å². The summed E-state index contributed by atoms with van der Waals surface area (Å²) in [5.74, 6) is -0.198. The Morgan fingerprint density at radius 1 is 1.00 bits per heavy atom. The van der Waals surface area contributed by atoms with Gasteiger partial charge in [0, 0.05) is 6.26 Å². The van der Waals surface area contributed by atoms with E-state index in [1.54, 1.807) is 0 Å². The van der Waals surface area contributed by atoms with Crippen molar-refractivity contribution in [2.24, 2.45) is 17.8 Å². The number of rotatable bonds is 5. The Bertz CT molecular complexity index is 941. The van der Waals surface area contributed by atoms with E-state index in [0.29, 0.717) is 35.5 Å². The fraction of sp³-hybridized carbons (Fsp3) is 0.429. The highest BCUT2D eigenvalue weighted by molar-refractivity contribution is 7.90. The summed E-state index contributed by atoms with van der Waals surface area (Å²) in [6.45, 7) is 2.37. The summed E-state index contributed by atoms with van der Waals surface area (Å²) in [6, 6.07) is 8.38. The summed E-state index contributed by atoms with van der Waals surface area (Å²) in [5.41, 5.74) is 0.872. The molecule has 1 saturated carbocycles. The van der Waals surface area contributed by atoms with E-state index in [1.165, 1.54) is 36.4 Å². The molecule has 1 N–H and O–H groups in total. The number of halogens is 2. The van der Waals surface area contributed by atoms with Gasteiger partial charge in [0.05, 0.1) is 11.5 Å². The van der Waals surface area contributed by atoms with Crippen molar-refractivity contribution in [1.29, 1.82) is 0 Å². The van der Waals surface area contributed by atoms with Gasteiger partial charge in [-0.25, -0.2) is 17.2 Å². The largest absolute Gasteiger partial charge is 0.487 e. The molecule has 2 aromatic carbocycles. The van der Waals surface area contributed by atoms with Crippen LogP contribution < -0.4 is 10.1 Å². The molecule has 0 aromatic heterocycles. The standard InChI is InChI=1S/C21H23F2NO3S/c1-28(25,26)18-4-2-14(3-5-18)15-8-19(22)21(20(23)9-15)27-12-13-6-16-10-24-11-17(16)7-13/h2-5,8-9,13,16-17,24H,6-7,10-12H2,1H3. The van der Waals surface area contributed by atoms with E-state index in [9.17, 15) is 17.2 Å². The molecule has 2 unspecified atom stereocenters. The van der Waals surface area contributed by atoms with Crippen molar-refractivity contribution in [2.75, 3.05) is 26.0 Å². The van der Waals surface area contributed by atoms with E-state index in [-0.39, 0.29) is 10.6 Å². The maximum atomic E-state index is 14.5. The molecule has 2 aliphatic rings. The topological polar surface area (TPSA) is 55.4 Å². The van der Waals surface area contributed by atoms with Gasteiger partial charge in [-0.05, 0) is 79.1 Å². The van der Waals surface area contributed by atoms with Gasteiger partial charge in [-0.3, -0.25) is 0 Å². The molecule has 0 spiro atoms. The predicted molar refractivity (Wildman–Crippen MR) is 103 cm³/mol. The van der Waals surface area contributed by atoms with Gasteiger partial charge in [-0.2, -0.15) is 0 Å². The lowest BCUT2D eigenvalue weighted by Crippen LogP contribution is -2.16. The van der Waals surface area contributed by atoms with Crippen molar-refractivity contribution in [2.45, 2.75) is 17.7 Å². The summed E-state index contributed by atoms with van der Waals surface area (Å²) in [7, 11) is -3.32. The third-order valence-electron chi connectivity index (χ3n) is 5.83. The molecular formula is C21H23F2NO3S. The lowest BCUT2D eigenvalue weighted by atomic mass is 10.0. The second-order valence-corrected chi connectivity index (χ2v) is 9.91. The smallest absolute Gasteiger partial charge is 0.190 e. The van der Waals surface area contributed by atoms with Crippen LogP contribution in [0.3, 0.4) is 0 Å². The van der Waals surface area contributed by atoms with Crippen molar-refractivity contribution in [3.05, 3.63) is 48.0 Å². The van der Waals surface area contributed by atoms with Gasteiger partial charge in [0.15, 0.2) is 27.2 Å². The van der Waals surface area contributed by atoms with Crippen molar-refractivity contribution >= 4 is 9.84 Å². The molecule has 0 bridgehead atoms. The highest BCUT2D eigenvalue weighted by Crippen LogP contribution is 2.39. The molecule has 0 radical (unpaired) electrons. The zero-order valence-corrected chi connectivity index (χ0v) is 16.4. The second kappa shape index (κ2) is 7.44. The normalized spacial score (nSPS) is 24.3. The second-order valence-electron chi connectivity index (χ2n) is 7.89. The van der Waals surface area contributed by atoms with Crippen LogP contribution in [0.25, 0.3) is 11.1 Å². The fourth-order valence-electron chi connectivity index (χ4n) is 4.39. The number of sulfone groups is 1. The monoisotopic (exact) mass is 407 g/mol. The highest BCUT2D eigenvalue weighted by atomic mass is 32.2. The Morgan fingerprint density at radius 2 is 1.57 bits per heavy atom. The van der Waals surface area contributed by atoms with E-state index in [4.69, 9.17) is 4.74 Å². The predicted octanol–water partition coefficient (Wildman–Crippen LogP) is 3.66. The molecule has 1 heterocycles. The summed E-state index contributed by atoms with van der Waals surface area (Å²) in [4.78, 5) is 0.161. The Morgan fingerprint density at radius 3 is 2.11 bits per heavy atom. The molecule has 4 rings (SSSR count). The summed E-state index contributed by atoms with van der Waals surface area (Å²) < 4.78 is 57.6.